The fourth-order valence-electron chi connectivity index (χ4n) is 6.02. The highest BCUT2D eigenvalue weighted by molar-refractivity contribution is 5.06. The lowest BCUT2D eigenvalue weighted by atomic mass is 9.44. The molecular formula is C17H30O. The minimum Gasteiger partial charge on any atom is -0.393 e. The van der Waals surface area contributed by atoms with Gasteiger partial charge in [0.1, 0.15) is 0 Å². The van der Waals surface area contributed by atoms with Crippen molar-refractivity contribution in [1.82, 2.24) is 0 Å². The summed E-state index contributed by atoms with van der Waals surface area (Å²) in [6, 6.07) is 0. The largest absolute Gasteiger partial charge is 0.393 e. The number of hydrogen-bond donors (Lipinski definition) is 1. The second-order valence-corrected chi connectivity index (χ2v) is 8.16. The topological polar surface area (TPSA) is 20.2 Å². The molecule has 0 aromatic heterocycles. The molecule has 3 aliphatic rings. The summed E-state index contributed by atoms with van der Waals surface area (Å²) in [5.41, 5.74) is 0.654. The van der Waals surface area contributed by atoms with E-state index >= 15 is 0 Å². The minimum absolute atomic E-state index is 0.0734. The molecule has 1 N–H and O–H groups in total. The van der Waals surface area contributed by atoms with Crippen LogP contribution >= 0.6 is 0 Å². The highest BCUT2D eigenvalue weighted by atomic mass is 16.3. The Bertz CT molecular complexity index is 322. The van der Waals surface area contributed by atoms with Gasteiger partial charge in [0.2, 0.25) is 0 Å². The van der Waals surface area contributed by atoms with Gasteiger partial charge in [-0.05, 0) is 60.7 Å². The molecule has 0 saturated heterocycles. The van der Waals surface area contributed by atoms with Gasteiger partial charge in [-0.2, -0.15) is 0 Å². The van der Waals surface area contributed by atoms with Crippen LogP contribution in [0.15, 0.2) is 0 Å². The Balaban J connectivity index is 1.92. The van der Waals surface area contributed by atoms with Crippen LogP contribution in [0.4, 0.5) is 0 Å². The Labute approximate surface area is 112 Å². The van der Waals surface area contributed by atoms with E-state index in [0.717, 1.165) is 24.2 Å². The average Bonchev–Trinajstić information content (AvgIpc) is 2.35. The third-order valence-electron chi connectivity index (χ3n) is 7.09. The maximum atomic E-state index is 10.4. The van der Waals surface area contributed by atoms with Crippen molar-refractivity contribution >= 4 is 0 Å². The van der Waals surface area contributed by atoms with Gasteiger partial charge >= 0.3 is 0 Å². The normalized spacial score (nSPS) is 51.3. The summed E-state index contributed by atoms with van der Waals surface area (Å²) in [5, 5.41) is 10.4. The summed E-state index contributed by atoms with van der Waals surface area (Å²) in [6.07, 6.45) is 10.9. The van der Waals surface area contributed by atoms with Crippen molar-refractivity contribution in [2.24, 2.45) is 28.6 Å². The molecule has 1 heteroatoms. The second kappa shape index (κ2) is 4.23. The molecule has 0 radical (unpaired) electrons. The first-order valence-corrected chi connectivity index (χ1v) is 8.14. The molecule has 3 rings (SSSR count). The van der Waals surface area contributed by atoms with Gasteiger partial charge in [-0.3, -0.25) is 0 Å². The van der Waals surface area contributed by atoms with Gasteiger partial charge in [0.05, 0.1) is 6.10 Å². The van der Waals surface area contributed by atoms with E-state index in [1.165, 1.54) is 44.9 Å². The Morgan fingerprint density at radius 1 is 0.889 bits per heavy atom. The molecule has 5 atom stereocenters. The molecule has 0 aromatic carbocycles. The molecule has 1 unspecified atom stereocenters. The molecule has 0 aromatic rings. The summed E-state index contributed by atoms with van der Waals surface area (Å²) in [5.74, 6) is 2.70. The minimum atomic E-state index is -0.0734. The highest BCUT2D eigenvalue weighted by Gasteiger charge is 2.57. The van der Waals surface area contributed by atoms with Crippen molar-refractivity contribution in [1.29, 1.82) is 0 Å². The van der Waals surface area contributed by atoms with E-state index < -0.39 is 0 Å². The lowest BCUT2D eigenvalue weighted by molar-refractivity contribution is -0.156. The lowest BCUT2D eigenvalue weighted by Gasteiger charge is -2.61. The van der Waals surface area contributed by atoms with Crippen LogP contribution in [0.3, 0.4) is 0 Å². The standard InChI is InChI=1S/C17H30O/c1-16(2)14-9-8-12-6-4-5-7-13(12)17(14,3)11-10-15(16)18/h12-15,18H,4-11H2,1-3H3/t12-,13+,14-,15?,17-/m1/s1. The molecule has 3 saturated carbocycles. The fraction of sp³-hybridized carbons (Fsp3) is 1.00. The van der Waals surface area contributed by atoms with E-state index in [9.17, 15) is 5.11 Å². The molecule has 18 heavy (non-hydrogen) atoms. The number of hydrogen-bond acceptors (Lipinski definition) is 1. The molecule has 3 aliphatic carbocycles. The van der Waals surface area contributed by atoms with Crippen LogP contribution in [0.1, 0.15) is 72.1 Å². The lowest BCUT2D eigenvalue weighted by Crippen LogP contribution is -2.56. The first-order chi connectivity index (χ1) is 8.46. The van der Waals surface area contributed by atoms with Crippen LogP contribution in [0.2, 0.25) is 0 Å². The van der Waals surface area contributed by atoms with Crippen LogP contribution in [-0.2, 0) is 0 Å². The van der Waals surface area contributed by atoms with Crippen molar-refractivity contribution in [3.8, 4) is 0 Å². The summed E-state index contributed by atoms with van der Waals surface area (Å²) in [7, 11) is 0. The predicted molar refractivity (Wildman–Crippen MR) is 75.3 cm³/mol. The van der Waals surface area contributed by atoms with Gasteiger partial charge in [-0.15, -0.1) is 0 Å². The molecule has 0 aliphatic heterocycles. The van der Waals surface area contributed by atoms with Crippen molar-refractivity contribution in [3.63, 3.8) is 0 Å². The number of rotatable bonds is 0. The average molecular weight is 250 g/mol. The molecular weight excluding hydrogens is 220 g/mol. The van der Waals surface area contributed by atoms with E-state index in [-0.39, 0.29) is 11.5 Å². The molecule has 3 fully saturated rings. The van der Waals surface area contributed by atoms with E-state index in [4.69, 9.17) is 0 Å². The summed E-state index contributed by atoms with van der Waals surface area (Å²) < 4.78 is 0. The maximum Gasteiger partial charge on any atom is 0.0594 e. The Hall–Kier alpha value is -0.0400. The number of fused-ring (bicyclic) bond motifs is 3. The van der Waals surface area contributed by atoms with Gasteiger partial charge in [-0.25, -0.2) is 0 Å². The summed E-state index contributed by atoms with van der Waals surface area (Å²) in [4.78, 5) is 0. The second-order valence-electron chi connectivity index (χ2n) is 8.16. The molecule has 0 amide bonds. The van der Waals surface area contributed by atoms with Crippen LogP contribution in [0, 0.1) is 28.6 Å². The quantitative estimate of drug-likeness (QED) is 0.676. The summed E-state index contributed by atoms with van der Waals surface area (Å²) >= 11 is 0. The van der Waals surface area contributed by atoms with E-state index in [0.29, 0.717) is 5.41 Å². The Morgan fingerprint density at radius 3 is 2.39 bits per heavy atom. The third-order valence-corrected chi connectivity index (χ3v) is 7.09. The van der Waals surface area contributed by atoms with E-state index in [1.807, 2.05) is 0 Å². The van der Waals surface area contributed by atoms with E-state index in [2.05, 4.69) is 20.8 Å². The Morgan fingerprint density at radius 2 is 1.61 bits per heavy atom. The van der Waals surface area contributed by atoms with Gasteiger partial charge in [0.15, 0.2) is 0 Å². The molecule has 0 heterocycles. The van der Waals surface area contributed by atoms with Gasteiger partial charge in [0.25, 0.3) is 0 Å². The molecule has 0 bridgehead atoms. The number of aliphatic hydroxyl groups excluding tert-OH is 1. The van der Waals surface area contributed by atoms with Gasteiger partial charge in [0, 0.05) is 0 Å². The zero-order valence-electron chi connectivity index (χ0n) is 12.4. The molecule has 1 nitrogen and oxygen atoms in total. The van der Waals surface area contributed by atoms with Crippen molar-refractivity contribution < 1.29 is 5.11 Å². The first-order valence-electron chi connectivity index (χ1n) is 8.14. The Kier molecular flexibility index (Phi) is 3.05. The van der Waals surface area contributed by atoms with Crippen molar-refractivity contribution in [2.75, 3.05) is 0 Å². The monoisotopic (exact) mass is 250 g/mol. The maximum absolute atomic E-state index is 10.4. The van der Waals surface area contributed by atoms with Crippen LogP contribution in [0.25, 0.3) is 0 Å². The fourth-order valence-corrected chi connectivity index (χ4v) is 6.02. The first kappa shape index (κ1) is 13.0. The zero-order valence-corrected chi connectivity index (χ0v) is 12.4. The zero-order chi connectivity index (χ0) is 13.0. The van der Waals surface area contributed by atoms with Crippen molar-refractivity contribution in [2.45, 2.75) is 78.2 Å². The van der Waals surface area contributed by atoms with Gasteiger partial charge < -0.3 is 5.11 Å². The highest BCUT2D eigenvalue weighted by Crippen LogP contribution is 2.63. The third kappa shape index (κ3) is 1.69. The SMILES string of the molecule is CC1(C)C(O)CC[C@@]2(C)[C@@H]1CC[C@H]1CCCC[C@@H]12. The van der Waals surface area contributed by atoms with Crippen LogP contribution < -0.4 is 0 Å². The smallest absolute Gasteiger partial charge is 0.0594 e. The summed E-state index contributed by atoms with van der Waals surface area (Å²) in [6.45, 7) is 7.21. The van der Waals surface area contributed by atoms with Crippen molar-refractivity contribution in [3.05, 3.63) is 0 Å². The molecule has 104 valence electrons. The van der Waals surface area contributed by atoms with Crippen LogP contribution in [-0.4, -0.2) is 11.2 Å². The molecule has 0 spiro atoms. The predicted octanol–water partition coefficient (Wildman–Crippen LogP) is 4.39. The van der Waals surface area contributed by atoms with Crippen LogP contribution in [0.5, 0.6) is 0 Å². The number of aliphatic hydroxyl groups is 1. The van der Waals surface area contributed by atoms with E-state index in [1.54, 1.807) is 0 Å². The van der Waals surface area contributed by atoms with Gasteiger partial charge in [-0.1, -0.05) is 40.0 Å².